The summed E-state index contributed by atoms with van der Waals surface area (Å²) >= 11 is 0. The van der Waals surface area contributed by atoms with Gasteiger partial charge >= 0.3 is 0 Å². The molecule has 0 N–H and O–H groups in total. The highest BCUT2D eigenvalue weighted by atomic mass is 16.6. The van der Waals surface area contributed by atoms with Crippen LogP contribution < -0.4 is 0 Å². The molecule has 124 valence electrons. The van der Waals surface area contributed by atoms with Gasteiger partial charge in [0.2, 0.25) is 0 Å². The molecule has 0 amide bonds. The van der Waals surface area contributed by atoms with E-state index in [1.807, 2.05) is 12.1 Å². The third-order valence-corrected chi connectivity index (χ3v) is 5.13. The second-order valence-corrected chi connectivity index (χ2v) is 6.69. The maximum Gasteiger partial charge on any atom is 0.269 e. The molecule has 0 saturated carbocycles. The second-order valence-electron chi connectivity index (χ2n) is 6.69. The van der Waals surface area contributed by atoms with Crippen molar-refractivity contribution < 1.29 is 9.66 Å². The third-order valence-electron chi connectivity index (χ3n) is 5.13. The number of non-ortho nitro benzene ring substituents is 1. The van der Waals surface area contributed by atoms with Crippen molar-refractivity contribution in [2.45, 2.75) is 24.5 Å². The second kappa shape index (κ2) is 6.00. The molecule has 0 radical (unpaired) electrons. The number of hydrogen-bond acceptors (Lipinski definition) is 4. The number of likely N-dealkylation sites (tertiary alicyclic amines) is 1. The van der Waals surface area contributed by atoms with E-state index in [4.69, 9.17) is 4.74 Å². The highest BCUT2D eigenvalue weighted by molar-refractivity contribution is 5.44. The van der Waals surface area contributed by atoms with E-state index in [1.165, 1.54) is 11.6 Å². The molecule has 0 bridgehead atoms. The highest BCUT2D eigenvalue weighted by Crippen LogP contribution is 2.44. The van der Waals surface area contributed by atoms with E-state index in [9.17, 15) is 10.1 Å². The Labute approximate surface area is 141 Å². The van der Waals surface area contributed by atoms with Gasteiger partial charge in [0.15, 0.2) is 0 Å². The van der Waals surface area contributed by atoms with Crippen LogP contribution >= 0.6 is 0 Å². The van der Waals surface area contributed by atoms with Crippen molar-refractivity contribution in [3.8, 4) is 0 Å². The Morgan fingerprint density at radius 2 is 1.96 bits per heavy atom. The number of benzene rings is 2. The standard InChI is InChI=1S/C19H20N2O3/c1-20-10-9-16-15-7-2-3-8-17(15)19(24-18(16)12-20)13-5-4-6-14(11-13)21(22)23/h2-8,11,16,18-19H,9-10,12H2,1H3/t16-,18-,19?/m0/s1. The van der Waals surface area contributed by atoms with Crippen LogP contribution in [0.3, 0.4) is 0 Å². The SMILES string of the molecule is CN1CC[C@H]2c3ccccc3C(c3cccc([N+](=O)[O-])c3)O[C@H]2C1. The van der Waals surface area contributed by atoms with Crippen molar-refractivity contribution in [2.75, 3.05) is 20.1 Å². The molecule has 2 aliphatic rings. The molecule has 2 aliphatic heterocycles. The molecule has 2 aromatic rings. The lowest BCUT2D eigenvalue weighted by Crippen LogP contribution is -2.45. The number of ether oxygens (including phenoxy) is 1. The smallest absolute Gasteiger partial charge is 0.269 e. The Balaban J connectivity index is 1.78. The van der Waals surface area contributed by atoms with Crippen LogP contribution in [0.2, 0.25) is 0 Å². The Bertz CT molecular complexity index is 777. The highest BCUT2D eigenvalue weighted by Gasteiger charge is 2.39. The number of fused-ring (bicyclic) bond motifs is 3. The number of nitrogens with zero attached hydrogens (tertiary/aromatic N) is 2. The van der Waals surface area contributed by atoms with Crippen molar-refractivity contribution in [1.29, 1.82) is 0 Å². The van der Waals surface area contributed by atoms with E-state index < -0.39 is 0 Å². The number of rotatable bonds is 2. The van der Waals surface area contributed by atoms with Gasteiger partial charge < -0.3 is 9.64 Å². The molecule has 2 aromatic carbocycles. The van der Waals surface area contributed by atoms with Gasteiger partial charge in [-0.1, -0.05) is 36.4 Å². The van der Waals surface area contributed by atoms with Crippen molar-refractivity contribution in [3.63, 3.8) is 0 Å². The van der Waals surface area contributed by atoms with E-state index in [-0.39, 0.29) is 22.8 Å². The summed E-state index contributed by atoms with van der Waals surface area (Å²) in [6.45, 7) is 1.96. The Hall–Kier alpha value is -2.24. The fourth-order valence-electron chi connectivity index (χ4n) is 3.96. The third kappa shape index (κ3) is 2.60. The molecule has 5 nitrogen and oxygen atoms in total. The molecule has 0 aromatic heterocycles. The van der Waals surface area contributed by atoms with Gasteiger partial charge in [-0.05, 0) is 36.7 Å². The van der Waals surface area contributed by atoms with Crippen molar-refractivity contribution in [2.24, 2.45) is 0 Å². The first kappa shape index (κ1) is 15.3. The first-order valence-electron chi connectivity index (χ1n) is 8.30. The molecule has 2 heterocycles. The van der Waals surface area contributed by atoms with E-state index in [2.05, 4.69) is 30.1 Å². The van der Waals surface area contributed by atoms with Gasteiger partial charge in [0.05, 0.1) is 11.0 Å². The fourth-order valence-corrected chi connectivity index (χ4v) is 3.96. The average Bonchev–Trinajstić information content (AvgIpc) is 2.60. The van der Waals surface area contributed by atoms with Crippen molar-refractivity contribution >= 4 is 5.69 Å². The molecule has 3 atom stereocenters. The topological polar surface area (TPSA) is 55.6 Å². The maximum atomic E-state index is 11.1. The minimum absolute atomic E-state index is 0.108. The molecular weight excluding hydrogens is 304 g/mol. The van der Waals surface area contributed by atoms with Crippen LogP contribution in [0.15, 0.2) is 48.5 Å². The predicted molar refractivity (Wildman–Crippen MR) is 91.1 cm³/mol. The Kier molecular flexibility index (Phi) is 3.82. The maximum absolute atomic E-state index is 11.1. The zero-order valence-corrected chi connectivity index (χ0v) is 13.6. The summed E-state index contributed by atoms with van der Waals surface area (Å²) in [5, 5.41) is 11.1. The molecule has 4 rings (SSSR count). The quantitative estimate of drug-likeness (QED) is 0.627. The zero-order valence-electron chi connectivity index (χ0n) is 13.6. The lowest BCUT2D eigenvalue weighted by Gasteiger charge is -2.43. The van der Waals surface area contributed by atoms with Gasteiger partial charge in [0.25, 0.3) is 5.69 Å². The van der Waals surface area contributed by atoms with Crippen LogP contribution in [-0.2, 0) is 4.74 Å². The Morgan fingerprint density at radius 3 is 2.75 bits per heavy atom. The number of piperidine rings is 1. The number of nitro groups is 1. The van der Waals surface area contributed by atoms with Gasteiger partial charge in [-0.2, -0.15) is 0 Å². The summed E-state index contributed by atoms with van der Waals surface area (Å²) in [7, 11) is 2.11. The minimum atomic E-state index is -0.352. The largest absolute Gasteiger partial charge is 0.364 e. The van der Waals surface area contributed by atoms with Gasteiger partial charge in [0.1, 0.15) is 6.10 Å². The van der Waals surface area contributed by atoms with Crippen LogP contribution in [-0.4, -0.2) is 36.1 Å². The first-order valence-corrected chi connectivity index (χ1v) is 8.30. The van der Waals surface area contributed by atoms with Crippen molar-refractivity contribution in [3.05, 3.63) is 75.3 Å². The average molecular weight is 324 g/mol. The lowest BCUT2D eigenvalue weighted by atomic mass is 9.79. The fraction of sp³-hybridized carbons (Fsp3) is 0.368. The van der Waals surface area contributed by atoms with Crippen molar-refractivity contribution in [1.82, 2.24) is 4.90 Å². The molecule has 1 saturated heterocycles. The molecule has 0 spiro atoms. The van der Waals surface area contributed by atoms with Gasteiger partial charge in [-0.25, -0.2) is 0 Å². The van der Waals surface area contributed by atoms with Crippen LogP contribution in [0.4, 0.5) is 5.69 Å². The molecule has 1 unspecified atom stereocenters. The summed E-state index contributed by atoms with van der Waals surface area (Å²) in [6.07, 6.45) is 0.969. The van der Waals surface area contributed by atoms with Gasteiger partial charge in [-0.3, -0.25) is 10.1 Å². The lowest BCUT2D eigenvalue weighted by molar-refractivity contribution is -0.385. The summed E-state index contributed by atoms with van der Waals surface area (Å²) in [5.41, 5.74) is 3.43. The summed E-state index contributed by atoms with van der Waals surface area (Å²) in [6, 6.07) is 15.2. The summed E-state index contributed by atoms with van der Waals surface area (Å²) in [4.78, 5) is 13.1. The van der Waals surface area contributed by atoms with Crippen LogP contribution in [0.1, 0.15) is 35.1 Å². The summed E-state index contributed by atoms with van der Waals surface area (Å²) in [5.74, 6) is 0.410. The monoisotopic (exact) mass is 324 g/mol. The van der Waals surface area contributed by atoms with E-state index in [0.29, 0.717) is 5.92 Å². The molecule has 24 heavy (non-hydrogen) atoms. The van der Waals surface area contributed by atoms with Crippen LogP contribution in [0.5, 0.6) is 0 Å². The number of nitro benzene ring substituents is 1. The molecule has 5 heteroatoms. The van der Waals surface area contributed by atoms with E-state index in [0.717, 1.165) is 30.6 Å². The first-order chi connectivity index (χ1) is 11.6. The summed E-state index contributed by atoms with van der Waals surface area (Å²) < 4.78 is 6.44. The van der Waals surface area contributed by atoms with E-state index >= 15 is 0 Å². The zero-order chi connectivity index (χ0) is 16.7. The molecule has 1 fully saturated rings. The molecular formula is C19H20N2O3. The van der Waals surface area contributed by atoms with Crippen LogP contribution in [0, 0.1) is 10.1 Å². The number of hydrogen-bond donors (Lipinski definition) is 0. The van der Waals surface area contributed by atoms with Crippen LogP contribution in [0.25, 0.3) is 0 Å². The normalized spacial score (nSPS) is 26.5. The minimum Gasteiger partial charge on any atom is -0.364 e. The number of likely N-dealkylation sites (N-methyl/N-ethyl adjacent to an activating group) is 1. The van der Waals surface area contributed by atoms with E-state index in [1.54, 1.807) is 12.1 Å². The van der Waals surface area contributed by atoms with Gasteiger partial charge in [0, 0.05) is 24.6 Å². The predicted octanol–water partition coefficient (Wildman–Crippen LogP) is 3.50. The molecule has 0 aliphatic carbocycles. The van der Waals surface area contributed by atoms with Gasteiger partial charge in [-0.15, -0.1) is 0 Å². The Morgan fingerprint density at radius 1 is 1.17 bits per heavy atom.